The summed E-state index contributed by atoms with van der Waals surface area (Å²) in [5.41, 5.74) is 3.16. The number of aromatic nitrogens is 1. The van der Waals surface area contributed by atoms with Crippen LogP contribution < -0.4 is 5.32 Å². The van der Waals surface area contributed by atoms with Gasteiger partial charge < -0.3 is 10.2 Å². The Morgan fingerprint density at radius 2 is 1.95 bits per heavy atom. The average Bonchev–Trinajstić information content (AvgIpc) is 2.80. The lowest BCUT2D eigenvalue weighted by atomic mass is 10.1. The highest BCUT2D eigenvalue weighted by Gasteiger charge is 2.16. The summed E-state index contributed by atoms with van der Waals surface area (Å²) < 4.78 is 0. The summed E-state index contributed by atoms with van der Waals surface area (Å²) in [7, 11) is 0. The third-order valence-electron chi connectivity index (χ3n) is 4.59. The summed E-state index contributed by atoms with van der Waals surface area (Å²) >= 11 is 0. The van der Waals surface area contributed by atoms with E-state index in [-0.39, 0.29) is 0 Å². The van der Waals surface area contributed by atoms with Crippen LogP contribution in [0.2, 0.25) is 0 Å². The summed E-state index contributed by atoms with van der Waals surface area (Å²) in [6.07, 6.45) is 8.68. The van der Waals surface area contributed by atoms with E-state index in [4.69, 9.17) is 0 Å². The van der Waals surface area contributed by atoms with Crippen molar-refractivity contribution in [2.24, 2.45) is 0 Å². The largest absolute Gasteiger partial charge is 0.368 e. The van der Waals surface area contributed by atoms with Crippen molar-refractivity contribution in [3.05, 3.63) is 22.9 Å². The Balaban J connectivity index is 1.58. The van der Waals surface area contributed by atoms with Crippen LogP contribution in [0.15, 0.2) is 6.07 Å². The zero-order valence-corrected chi connectivity index (χ0v) is 12.7. The van der Waals surface area contributed by atoms with Crippen molar-refractivity contribution in [2.45, 2.75) is 44.9 Å². The highest BCUT2D eigenvalue weighted by atomic mass is 15.1. The van der Waals surface area contributed by atoms with E-state index in [1.165, 1.54) is 56.5 Å². The lowest BCUT2D eigenvalue weighted by Crippen LogP contribution is -2.30. The fourth-order valence-corrected chi connectivity index (χ4v) is 3.38. The van der Waals surface area contributed by atoms with Gasteiger partial charge in [-0.3, -0.25) is 0 Å². The van der Waals surface area contributed by atoms with Gasteiger partial charge in [0.2, 0.25) is 0 Å². The van der Waals surface area contributed by atoms with Gasteiger partial charge in [-0.1, -0.05) is 12.8 Å². The van der Waals surface area contributed by atoms with Crippen LogP contribution in [0.4, 0.5) is 5.82 Å². The fourth-order valence-electron chi connectivity index (χ4n) is 3.38. The van der Waals surface area contributed by atoms with Crippen LogP contribution in [0, 0.1) is 11.3 Å². The second-order valence-electron chi connectivity index (χ2n) is 6.14. The number of nitrogens with one attached hydrogen (secondary N) is 1. The van der Waals surface area contributed by atoms with E-state index in [0.717, 1.165) is 31.7 Å². The maximum Gasteiger partial charge on any atom is 0.144 e. The number of nitrogens with zero attached hydrogens (tertiary/aromatic N) is 3. The molecular formula is C17H24N4. The molecule has 4 nitrogen and oxygen atoms in total. The molecule has 1 aromatic rings. The molecule has 1 N–H and O–H groups in total. The SMILES string of the molecule is N#Cc1cc2c(nc1NCCN1CCCCCC1)CCC2. The Hall–Kier alpha value is -1.60. The van der Waals surface area contributed by atoms with Gasteiger partial charge in [-0.05, 0) is 56.8 Å². The molecular weight excluding hydrogens is 260 g/mol. The van der Waals surface area contributed by atoms with Crippen molar-refractivity contribution in [2.75, 3.05) is 31.5 Å². The van der Waals surface area contributed by atoms with Crippen molar-refractivity contribution in [1.82, 2.24) is 9.88 Å². The molecule has 0 saturated carbocycles. The molecule has 0 radical (unpaired) electrons. The van der Waals surface area contributed by atoms with Crippen LogP contribution in [0.3, 0.4) is 0 Å². The van der Waals surface area contributed by atoms with Crippen LogP contribution in [0.5, 0.6) is 0 Å². The van der Waals surface area contributed by atoms with Gasteiger partial charge >= 0.3 is 0 Å². The number of likely N-dealkylation sites (tertiary alicyclic amines) is 1. The topological polar surface area (TPSA) is 52.0 Å². The molecule has 21 heavy (non-hydrogen) atoms. The molecule has 0 amide bonds. The monoisotopic (exact) mass is 284 g/mol. The Labute approximate surface area is 127 Å². The van der Waals surface area contributed by atoms with Crippen molar-refractivity contribution in [3.63, 3.8) is 0 Å². The maximum atomic E-state index is 9.29. The Kier molecular flexibility index (Phi) is 4.72. The van der Waals surface area contributed by atoms with Crippen LogP contribution in [0.1, 0.15) is 48.9 Å². The molecule has 1 saturated heterocycles. The van der Waals surface area contributed by atoms with Crippen LogP contribution >= 0.6 is 0 Å². The quantitative estimate of drug-likeness (QED) is 0.923. The normalized spacial score (nSPS) is 18.8. The summed E-state index contributed by atoms with van der Waals surface area (Å²) in [5.74, 6) is 0.785. The predicted molar refractivity (Wildman–Crippen MR) is 84.4 cm³/mol. The van der Waals surface area contributed by atoms with Gasteiger partial charge in [0.15, 0.2) is 0 Å². The highest BCUT2D eigenvalue weighted by Crippen LogP contribution is 2.24. The van der Waals surface area contributed by atoms with Gasteiger partial charge in [-0.2, -0.15) is 5.26 Å². The van der Waals surface area contributed by atoms with Crippen LogP contribution in [-0.4, -0.2) is 36.1 Å². The molecule has 2 aliphatic rings. The first-order chi connectivity index (χ1) is 10.4. The number of hydrogen-bond donors (Lipinski definition) is 1. The molecule has 1 aliphatic carbocycles. The van der Waals surface area contributed by atoms with Gasteiger partial charge in [0.1, 0.15) is 11.9 Å². The average molecular weight is 284 g/mol. The molecule has 2 heterocycles. The molecule has 1 aromatic heterocycles. The minimum atomic E-state index is 0.700. The van der Waals surface area contributed by atoms with E-state index in [9.17, 15) is 5.26 Å². The van der Waals surface area contributed by atoms with Gasteiger partial charge in [-0.25, -0.2) is 4.98 Å². The molecule has 1 fully saturated rings. The molecule has 4 heteroatoms. The number of pyridine rings is 1. The molecule has 0 aromatic carbocycles. The molecule has 0 bridgehead atoms. The number of rotatable bonds is 4. The number of nitriles is 1. The number of hydrogen-bond acceptors (Lipinski definition) is 4. The zero-order valence-electron chi connectivity index (χ0n) is 12.7. The number of fused-ring (bicyclic) bond motifs is 1. The van der Waals surface area contributed by atoms with Gasteiger partial charge in [0.25, 0.3) is 0 Å². The summed E-state index contributed by atoms with van der Waals surface area (Å²) in [4.78, 5) is 7.20. The smallest absolute Gasteiger partial charge is 0.144 e. The number of aryl methyl sites for hydroxylation is 2. The Bertz CT molecular complexity index is 524. The zero-order chi connectivity index (χ0) is 14.5. The van der Waals surface area contributed by atoms with E-state index < -0.39 is 0 Å². The van der Waals surface area contributed by atoms with E-state index in [0.29, 0.717) is 5.56 Å². The van der Waals surface area contributed by atoms with Crippen molar-refractivity contribution in [3.8, 4) is 6.07 Å². The molecule has 112 valence electrons. The lowest BCUT2D eigenvalue weighted by Gasteiger charge is -2.20. The van der Waals surface area contributed by atoms with Gasteiger partial charge in [-0.15, -0.1) is 0 Å². The first-order valence-electron chi connectivity index (χ1n) is 8.26. The number of anilines is 1. The Morgan fingerprint density at radius 3 is 2.71 bits per heavy atom. The lowest BCUT2D eigenvalue weighted by molar-refractivity contribution is 0.296. The van der Waals surface area contributed by atoms with E-state index >= 15 is 0 Å². The van der Waals surface area contributed by atoms with E-state index in [2.05, 4.69) is 21.3 Å². The standard InChI is InChI=1S/C17H24N4/c18-13-15-12-14-6-5-7-16(14)20-17(15)19-8-11-21-9-3-1-2-4-10-21/h12H,1-11H2,(H,19,20). The van der Waals surface area contributed by atoms with Gasteiger partial charge in [0, 0.05) is 18.8 Å². The highest BCUT2D eigenvalue weighted by molar-refractivity contribution is 5.55. The maximum absolute atomic E-state index is 9.29. The molecule has 0 unspecified atom stereocenters. The van der Waals surface area contributed by atoms with Crippen molar-refractivity contribution < 1.29 is 0 Å². The van der Waals surface area contributed by atoms with Crippen molar-refractivity contribution in [1.29, 1.82) is 5.26 Å². The van der Waals surface area contributed by atoms with Crippen LogP contribution in [0.25, 0.3) is 0 Å². The van der Waals surface area contributed by atoms with E-state index in [1.807, 2.05) is 6.07 Å². The third kappa shape index (κ3) is 3.54. The first-order valence-corrected chi connectivity index (χ1v) is 8.26. The minimum absolute atomic E-state index is 0.700. The molecule has 3 rings (SSSR count). The molecule has 1 aliphatic heterocycles. The van der Waals surface area contributed by atoms with E-state index in [1.54, 1.807) is 0 Å². The first kappa shape index (κ1) is 14.3. The summed E-state index contributed by atoms with van der Waals surface area (Å²) in [6.45, 7) is 4.35. The summed E-state index contributed by atoms with van der Waals surface area (Å²) in [5, 5.41) is 12.7. The van der Waals surface area contributed by atoms with Crippen LogP contribution in [-0.2, 0) is 12.8 Å². The minimum Gasteiger partial charge on any atom is -0.368 e. The Morgan fingerprint density at radius 1 is 1.14 bits per heavy atom. The second-order valence-corrected chi connectivity index (χ2v) is 6.14. The second kappa shape index (κ2) is 6.91. The molecule has 0 atom stereocenters. The molecule has 0 spiro atoms. The third-order valence-corrected chi connectivity index (χ3v) is 4.59. The van der Waals surface area contributed by atoms with Crippen molar-refractivity contribution >= 4 is 5.82 Å². The fraction of sp³-hybridized carbons (Fsp3) is 0.647. The summed E-state index contributed by atoms with van der Waals surface area (Å²) in [6, 6.07) is 4.32. The van der Waals surface area contributed by atoms with Gasteiger partial charge in [0.05, 0.1) is 5.56 Å². The predicted octanol–water partition coefficient (Wildman–Crippen LogP) is 2.73.